The van der Waals surface area contributed by atoms with Gasteiger partial charge < -0.3 is 5.73 Å². The Balaban J connectivity index is 2.99. The largest absolute Gasteiger partial charge is 0.324 e. The van der Waals surface area contributed by atoms with E-state index in [-0.39, 0.29) is 11.3 Å². The zero-order valence-electron chi connectivity index (χ0n) is 9.15. The smallest absolute Gasteiger partial charge is 0.274 e. The van der Waals surface area contributed by atoms with Crippen molar-refractivity contribution in [3.8, 4) is 0 Å². The van der Waals surface area contributed by atoms with Crippen molar-refractivity contribution in [3.63, 3.8) is 0 Å². The van der Waals surface area contributed by atoms with Gasteiger partial charge >= 0.3 is 0 Å². The number of rotatable bonds is 5. The second-order valence-electron chi connectivity index (χ2n) is 3.71. The predicted molar refractivity (Wildman–Crippen MR) is 59.5 cm³/mol. The van der Waals surface area contributed by atoms with Crippen molar-refractivity contribution in [1.82, 2.24) is 0 Å². The number of nitrogens with zero attached hydrogens (tertiary/aromatic N) is 1. The molecule has 0 heterocycles. The molecule has 2 N–H and O–H groups in total. The van der Waals surface area contributed by atoms with Crippen LogP contribution in [0.15, 0.2) is 18.2 Å². The molecule has 0 unspecified atom stereocenters. The molecule has 88 valence electrons. The van der Waals surface area contributed by atoms with Gasteiger partial charge in [0, 0.05) is 17.7 Å². The Bertz CT molecular complexity index is 382. The van der Waals surface area contributed by atoms with Gasteiger partial charge in [0.25, 0.3) is 5.69 Å². The van der Waals surface area contributed by atoms with Crippen molar-refractivity contribution in [3.05, 3.63) is 39.7 Å². The fraction of sp³-hybridized carbons (Fsp3) is 0.455. The van der Waals surface area contributed by atoms with E-state index in [2.05, 4.69) is 0 Å². The summed E-state index contributed by atoms with van der Waals surface area (Å²) in [4.78, 5) is 10.2. The van der Waals surface area contributed by atoms with E-state index in [1.165, 1.54) is 0 Å². The lowest BCUT2D eigenvalue weighted by molar-refractivity contribution is -0.385. The van der Waals surface area contributed by atoms with Crippen LogP contribution in [0.1, 0.15) is 37.8 Å². The molecule has 0 bridgehead atoms. The molecular weight excluding hydrogens is 211 g/mol. The SMILES string of the molecule is CCCC[C@H](N)c1cc(F)ccc1[N+](=O)[O-]. The van der Waals surface area contributed by atoms with Gasteiger partial charge in [-0.2, -0.15) is 0 Å². The molecule has 0 fully saturated rings. The van der Waals surface area contributed by atoms with Gasteiger partial charge in [0.1, 0.15) is 5.82 Å². The lowest BCUT2D eigenvalue weighted by atomic mass is 10.0. The highest BCUT2D eigenvalue weighted by Gasteiger charge is 2.19. The van der Waals surface area contributed by atoms with Crippen LogP contribution in [0, 0.1) is 15.9 Å². The van der Waals surface area contributed by atoms with Crippen LogP contribution in [-0.4, -0.2) is 4.92 Å². The third kappa shape index (κ3) is 3.00. The minimum atomic E-state index is -0.527. The second kappa shape index (κ2) is 5.55. The highest BCUT2D eigenvalue weighted by atomic mass is 19.1. The molecule has 0 spiro atoms. The van der Waals surface area contributed by atoms with Crippen LogP contribution in [0.3, 0.4) is 0 Å². The first-order valence-electron chi connectivity index (χ1n) is 5.25. The quantitative estimate of drug-likeness (QED) is 0.619. The van der Waals surface area contributed by atoms with E-state index in [0.29, 0.717) is 6.42 Å². The molecule has 1 aromatic rings. The molecule has 1 atom stereocenters. The molecule has 0 aliphatic heterocycles. The molecule has 5 heteroatoms. The highest BCUT2D eigenvalue weighted by molar-refractivity contribution is 5.42. The molecule has 0 saturated heterocycles. The van der Waals surface area contributed by atoms with Crippen LogP contribution in [0.4, 0.5) is 10.1 Å². The Kier molecular flexibility index (Phi) is 4.37. The Morgan fingerprint density at radius 1 is 1.56 bits per heavy atom. The number of halogens is 1. The second-order valence-corrected chi connectivity index (χ2v) is 3.71. The molecule has 0 aliphatic carbocycles. The molecule has 0 aliphatic rings. The van der Waals surface area contributed by atoms with Crippen molar-refractivity contribution in [1.29, 1.82) is 0 Å². The highest BCUT2D eigenvalue weighted by Crippen LogP contribution is 2.27. The lowest BCUT2D eigenvalue weighted by Gasteiger charge is -2.11. The Hall–Kier alpha value is -1.49. The van der Waals surface area contributed by atoms with Gasteiger partial charge in [-0.1, -0.05) is 19.8 Å². The molecule has 0 amide bonds. The van der Waals surface area contributed by atoms with Crippen molar-refractivity contribution in [2.75, 3.05) is 0 Å². The van der Waals surface area contributed by atoms with E-state index < -0.39 is 16.8 Å². The summed E-state index contributed by atoms with van der Waals surface area (Å²) in [6, 6.07) is 2.92. The van der Waals surface area contributed by atoms with Crippen molar-refractivity contribution < 1.29 is 9.31 Å². The fourth-order valence-corrected chi connectivity index (χ4v) is 1.57. The molecule has 4 nitrogen and oxygen atoms in total. The topological polar surface area (TPSA) is 69.2 Å². The summed E-state index contributed by atoms with van der Waals surface area (Å²) in [5.74, 6) is -0.493. The Morgan fingerprint density at radius 2 is 2.25 bits per heavy atom. The summed E-state index contributed by atoms with van der Waals surface area (Å²) < 4.78 is 13.0. The molecule has 0 aromatic heterocycles. The monoisotopic (exact) mass is 226 g/mol. The van der Waals surface area contributed by atoms with Crippen molar-refractivity contribution >= 4 is 5.69 Å². The van der Waals surface area contributed by atoms with Gasteiger partial charge in [-0.3, -0.25) is 10.1 Å². The van der Waals surface area contributed by atoms with Crippen molar-refractivity contribution in [2.45, 2.75) is 32.2 Å². The van der Waals surface area contributed by atoms with Gasteiger partial charge in [-0.25, -0.2) is 4.39 Å². The number of nitro groups is 1. The maximum absolute atomic E-state index is 13.0. The molecular formula is C11H15FN2O2. The zero-order valence-corrected chi connectivity index (χ0v) is 9.15. The van der Waals surface area contributed by atoms with E-state index >= 15 is 0 Å². The van der Waals surface area contributed by atoms with E-state index in [0.717, 1.165) is 31.0 Å². The van der Waals surface area contributed by atoms with Gasteiger partial charge in [0.15, 0.2) is 0 Å². The maximum Gasteiger partial charge on any atom is 0.274 e. The van der Waals surface area contributed by atoms with Crippen LogP contribution in [-0.2, 0) is 0 Å². The summed E-state index contributed by atoms with van der Waals surface area (Å²) in [6.07, 6.45) is 2.45. The number of benzene rings is 1. The first-order valence-corrected chi connectivity index (χ1v) is 5.25. The first kappa shape index (κ1) is 12.6. The summed E-state index contributed by atoms with van der Waals surface area (Å²) in [5, 5.41) is 10.7. The minimum absolute atomic E-state index is 0.106. The number of nitro benzene ring substituents is 1. The third-order valence-corrected chi connectivity index (χ3v) is 2.45. The summed E-state index contributed by atoms with van der Waals surface area (Å²) >= 11 is 0. The summed E-state index contributed by atoms with van der Waals surface area (Å²) in [5.41, 5.74) is 5.99. The molecule has 16 heavy (non-hydrogen) atoms. The Labute approximate surface area is 93.4 Å². The number of nitrogens with two attached hydrogens (primary N) is 1. The van der Waals surface area contributed by atoms with Crippen molar-refractivity contribution in [2.24, 2.45) is 5.73 Å². The average molecular weight is 226 g/mol. The van der Waals surface area contributed by atoms with Gasteiger partial charge in [0.05, 0.1) is 4.92 Å². The van der Waals surface area contributed by atoms with Crippen LogP contribution >= 0.6 is 0 Å². The van der Waals surface area contributed by atoms with Gasteiger partial charge in [0.2, 0.25) is 0 Å². The average Bonchev–Trinajstić information content (AvgIpc) is 2.25. The normalized spacial score (nSPS) is 12.4. The standard InChI is InChI=1S/C11H15FN2O2/c1-2-3-4-10(13)9-7-8(12)5-6-11(9)14(15)16/h5-7,10H,2-4,13H2,1H3/t10-/m0/s1. The molecule has 0 saturated carbocycles. The summed E-state index contributed by atoms with van der Waals surface area (Å²) in [7, 11) is 0. The predicted octanol–water partition coefficient (Wildman–Crippen LogP) is 2.92. The van der Waals surface area contributed by atoms with Gasteiger partial charge in [-0.15, -0.1) is 0 Å². The van der Waals surface area contributed by atoms with E-state index in [4.69, 9.17) is 5.73 Å². The van der Waals surface area contributed by atoms with Crippen LogP contribution in [0.5, 0.6) is 0 Å². The third-order valence-electron chi connectivity index (χ3n) is 2.45. The zero-order chi connectivity index (χ0) is 12.1. The minimum Gasteiger partial charge on any atom is -0.324 e. The van der Waals surface area contributed by atoms with Crippen LogP contribution in [0.25, 0.3) is 0 Å². The van der Waals surface area contributed by atoms with Crippen LogP contribution in [0.2, 0.25) is 0 Å². The summed E-state index contributed by atoms with van der Waals surface area (Å²) in [6.45, 7) is 2.01. The molecule has 1 rings (SSSR count). The Morgan fingerprint density at radius 3 is 2.81 bits per heavy atom. The van der Waals surface area contributed by atoms with E-state index in [9.17, 15) is 14.5 Å². The van der Waals surface area contributed by atoms with E-state index in [1.807, 2.05) is 6.92 Å². The number of hydrogen-bond acceptors (Lipinski definition) is 3. The fourth-order valence-electron chi connectivity index (χ4n) is 1.57. The number of unbranched alkanes of at least 4 members (excludes halogenated alkanes) is 1. The van der Waals surface area contributed by atoms with Crippen LogP contribution < -0.4 is 5.73 Å². The van der Waals surface area contributed by atoms with E-state index in [1.54, 1.807) is 0 Å². The number of hydrogen-bond donors (Lipinski definition) is 1. The lowest BCUT2D eigenvalue weighted by Crippen LogP contribution is -2.12. The molecule has 1 aromatic carbocycles. The van der Waals surface area contributed by atoms with Gasteiger partial charge in [-0.05, 0) is 18.6 Å². The first-order chi connectivity index (χ1) is 7.56. The maximum atomic E-state index is 13.0. The molecule has 0 radical (unpaired) electrons.